The fraction of sp³-hybridized carbons (Fsp3) is 0.292. The van der Waals surface area contributed by atoms with Gasteiger partial charge in [-0.3, -0.25) is 4.98 Å². The van der Waals surface area contributed by atoms with Crippen LogP contribution in [0.4, 0.5) is 0 Å². The molecule has 4 rings (SSSR count). The van der Waals surface area contributed by atoms with Crippen molar-refractivity contribution < 1.29 is 4.74 Å². The molecule has 5 nitrogen and oxygen atoms in total. The highest BCUT2D eigenvalue weighted by Crippen LogP contribution is 2.31. The molecule has 0 aliphatic carbocycles. The van der Waals surface area contributed by atoms with Crippen LogP contribution in [0.5, 0.6) is 10.9 Å². The minimum Gasteiger partial charge on any atom is -0.430 e. The zero-order valence-electron chi connectivity index (χ0n) is 18.3. The van der Waals surface area contributed by atoms with Crippen molar-refractivity contribution in [2.24, 2.45) is 0 Å². The minimum atomic E-state index is 0. The third kappa shape index (κ3) is 5.39. The first kappa shape index (κ1) is 23.1. The van der Waals surface area contributed by atoms with E-state index in [9.17, 15) is 0 Å². The summed E-state index contributed by atoms with van der Waals surface area (Å²) in [6.07, 6.45) is 2.85. The normalized spacial score (nSPS) is 11.0. The van der Waals surface area contributed by atoms with Crippen molar-refractivity contribution in [3.05, 3.63) is 65.4 Å². The molecule has 0 saturated heterocycles. The first-order valence-corrected chi connectivity index (χ1v) is 11.0. The maximum absolute atomic E-state index is 6.10. The van der Waals surface area contributed by atoms with Gasteiger partial charge in [-0.1, -0.05) is 31.2 Å². The number of para-hydroxylation sites is 1. The monoisotopic (exact) mass is 454 g/mol. The highest BCUT2D eigenvalue weighted by Gasteiger charge is 2.12. The Labute approximate surface area is 193 Å². The molecule has 31 heavy (non-hydrogen) atoms. The third-order valence-electron chi connectivity index (χ3n) is 5.39. The van der Waals surface area contributed by atoms with Gasteiger partial charge in [0.25, 0.3) is 5.19 Å². The van der Waals surface area contributed by atoms with Crippen LogP contribution < -0.4 is 4.74 Å². The van der Waals surface area contributed by atoms with Crippen LogP contribution in [0.1, 0.15) is 23.6 Å². The number of ether oxygens (including phenoxy) is 1. The quantitative estimate of drug-likeness (QED) is 0.338. The summed E-state index contributed by atoms with van der Waals surface area (Å²) < 4.78 is 10.6. The van der Waals surface area contributed by atoms with E-state index in [1.807, 2.05) is 30.5 Å². The van der Waals surface area contributed by atoms with Crippen molar-refractivity contribution in [2.75, 3.05) is 20.1 Å². The lowest BCUT2D eigenvalue weighted by Gasteiger charge is -2.16. The van der Waals surface area contributed by atoms with Gasteiger partial charge < -0.3 is 9.64 Å². The van der Waals surface area contributed by atoms with Gasteiger partial charge in [-0.05, 0) is 68.8 Å². The second kappa shape index (κ2) is 10.2. The average molecular weight is 455 g/mol. The molecule has 2 heterocycles. The predicted octanol–water partition coefficient (Wildman–Crippen LogP) is 6.08. The second-order valence-electron chi connectivity index (χ2n) is 7.59. The summed E-state index contributed by atoms with van der Waals surface area (Å²) >= 11 is 1.26. The number of pyridine rings is 1. The van der Waals surface area contributed by atoms with Crippen molar-refractivity contribution in [1.29, 1.82) is 0 Å². The Morgan fingerprint density at radius 1 is 1.06 bits per heavy atom. The van der Waals surface area contributed by atoms with Crippen LogP contribution >= 0.6 is 23.9 Å². The fourth-order valence-electron chi connectivity index (χ4n) is 3.35. The molecule has 0 aliphatic heterocycles. The molecule has 0 bridgehead atoms. The van der Waals surface area contributed by atoms with Gasteiger partial charge in [0, 0.05) is 35.2 Å². The molecule has 162 valence electrons. The summed E-state index contributed by atoms with van der Waals surface area (Å²) in [5.41, 5.74) is 5.56. The third-order valence-corrected chi connectivity index (χ3v) is 5.98. The number of hydrogen-bond acceptors (Lipinski definition) is 6. The van der Waals surface area contributed by atoms with Gasteiger partial charge in [0.05, 0.1) is 5.52 Å². The molecular formula is C24H27ClN4OS. The van der Waals surface area contributed by atoms with E-state index in [0.717, 1.165) is 47.3 Å². The van der Waals surface area contributed by atoms with Gasteiger partial charge >= 0.3 is 0 Å². The number of rotatable bonds is 7. The number of fused-ring (bicyclic) bond motifs is 1. The molecule has 0 aliphatic rings. The fourth-order valence-corrected chi connectivity index (χ4v) is 3.92. The molecule has 0 amide bonds. The van der Waals surface area contributed by atoms with E-state index in [-0.39, 0.29) is 12.4 Å². The minimum absolute atomic E-state index is 0. The average Bonchev–Trinajstić information content (AvgIpc) is 3.23. The topological polar surface area (TPSA) is 51.1 Å². The van der Waals surface area contributed by atoms with E-state index in [2.05, 4.69) is 65.3 Å². The van der Waals surface area contributed by atoms with Gasteiger partial charge in [0.15, 0.2) is 5.82 Å². The number of aryl methyl sites for hydroxylation is 2. The summed E-state index contributed by atoms with van der Waals surface area (Å²) in [7, 11) is 2.15. The molecule has 2 aromatic heterocycles. The summed E-state index contributed by atoms with van der Waals surface area (Å²) in [6, 6.07) is 14.4. The van der Waals surface area contributed by atoms with Gasteiger partial charge in [-0.25, -0.2) is 0 Å². The molecule has 0 unspecified atom stereocenters. The molecule has 0 spiro atoms. The molecule has 7 heteroatoms. The van der Waals surface area contributed by atoms with Crippen molar-refractivity contribution in [2.45, 2.75) is 27.2 Å². The van der Waals surface area contributed by atoms with Crippen molar-refractivity contribution in [1.82, 2.24) is 19.2 Å². The standard InChI is InChI=1S/C24H26N4OS.ClH/c1-5-28(4)11-10-18-12-17(3)22(13-16(18)2)29-24-26-23(27-30-24)20-14-19-8-6-7-9-21(19)25-15-20;/h6-9,12-15H,5,10-11H2,1-4H3;1H. The second-order valence-corrected chi connectivity index (χ2v) is 8.31. The van der Waals surface area contributed by atoms with Crippen LogP contribution in [0.15, 0.2) is 48.7 Å². The van der Waals surface area contributed by atoms with Crippen LogP contribution in [0.25, 0.3) is 22.3 Å². The molecular weight excluding hydrogens is 428 g/mol. The molecule has 0 saturated carbocycles. The van der Waals surface area contributed by atoms with E-state index in [4.69, 9.17) is 4.74 Å². The van der Waals surface area contributed by atoms with Crippen LogP contribution in [0, 0.1) is 13.8 Å². The molecule has 4 aromatic rings. The van der Waals surface area contributed by atoms with Crippen molar-refractivity contribution in [3.63, 3.8) is 0 Å². The SMILES string of the molecule is CCN(C)CCc1cc(C)c(Oc2nc(-c3cnc4ccccc4c3)ns2)cc1C.Cl. The number of benzene rings is 2. The Morgan fingerprint density at radius 3 is 2.68 bits per heavy atom. The lowest BCUT2D eigenvalue weighted by Crippen LogP contribution is -2.20. The molecule has 0 radical (unpaired) electrons. The highest BCUT2D eigenvalue weighted by atomic mass is 35.5. The lowest BCUT2D eigenvalue weighted by molar-refractivity contribution is 0.357. The van der Waals surface area contributed by atoms with Crippen LogP contribution in [-0.2, 0) is 6.42 Å². The van der Waals surface area contributed by atoms with Gasteiger partial charge in [-0.15, -0.1) is 12.4 Å². The van der Waals surface area contributed by atoms with E-state index in [1.54, 1.807) is 0 Å². The van der Waals surface area contributed by atoms with Crippen LogP contribution in [-0.4, -0.2) is 39.4 Å². The van der Waals surface area contributed by atoms with Gasteiger partial charge in [0.2, 0.25) is 0 Å². The first-order chi connectivity index (χ1) is 14.5. The number of nitrogens with zero attached hydrogens (tertiary/aromatic N) is 4. The Hall–Kier alpha value is -2.54. The summed E-state index contributed by atoms with van der Waals surface area (Å²) in [6.45, 7) is 8.51. The van der Waals surface area contributed by atoms with Crippen LogP contribution in [0.3, 0.4) is 0 Å². The number of aromatic nitrogens is 3. The Bertz CT molecular complexity index is 1180. The molecule has 2 aromatic carbocycles. The number of hydrogen-bond donors (Lipinski definition) is 0. The summed E-state index contributed by atoms with van der Waals surface area (Å²) in [4.78, 5) is 11.4. The van der Waals surface area contributed by atoms with E-state index < -0.39 is 0 Å². The van der Waals surface area contributed by atoms with E-state index in [0.29, 0.717) is 11.0 Å². The van der Waals surface area contributed by atoms with Gasteiger partial charge in [-0.2, -0.15) is 9.36 Å². The zero-order chi connectivity index (χ0) is 21.1. The molecule has 0 N–H and O–H groups in total. The Morgan fingerprint density at radius 2 is 1.87 bits per heavy atom. The maximum Gasteiger partial charge on any atom is 0.299 e. The molecule has 0 atom stereocenters. The van der Waals surface area contributed by atoms with E-state index >= 15 is 0 Å². The van der Waals surface area contributed by atoms with Gasteiger partial charge in [0.1, 0.15) is 5.75 Å². The summed E-state index contributed by atoms with van der Waals surface area (Å²) in [5.74, 6) is 1.47. The zero-order valence-corrected chi connectivity index (χ0v) is 19.9. The van der Waals surface area contributed by atoms with E-state index in [1.165, 1.54) is 22.7 Å². The maximum atomic E-state index is 6.10. The smallest absolute Gasteiger partial charge is 0.299 e. The van der Waals surface area contributed by atoms with Crippen molar-refractivity contribution in [3.8, 4) is 22.3 Å². The first-order valence-electron chi connectivity index (χ1n) is 10.2. The predicted molar refractivity (Wildman–Crippen MR) is 131 cm³/mol. The largest absolute Gasteiger partial charge is 0.430 e. The number of likely N-dealkylation sites (N-methyl/N-ethyl adjacent to an activating group) is 1. The van der Waals surface area contributed by atoms with Crippen molar-refractivity contribution >= 4 is 34.8 Å². The Balaban J connectivity index is 0.00000272. The Kier molecular flexibility index (Phi) is 7.59. The van der Waals surface area contributed by atoms with Crippen LogP contribution in [0.2, 0.25) is 0 Å². The number of halogens is 1. The molecule has 0 fully saturated rings. The highest BCUT2D eigenvalue weighted by molar-refractivity contribution is 7.07. The lowest BCUT2D eigenvalue weighted by atomic mass is 10.0. The summed E-state index contributed by atoms with van der Waals surface area (Å²) in [5, 5.41) is 1.61.